The molecule has 0 atom stereocenters. The Balaban J connectivity index is 3.28. The number of hydrogen-bond donors (Lipinski definition) is 0. The maximum Gasteiger partial charge on any atom is 0.167 e. The molecule has 0 amide bonds. The van der Waals surface area contributed by atoms with Crippen LogP contribution < -0.4 is 0 Å². The van der Waals surface area contributed by atoms with Gasteiger partial charge in [-0.25, -0.2) is 0 Å². The Morgan fingerprint density at radius 2 is 1.46 bits per heavy atom. The summed E-state index contributed by atoms with van der Waals surface area (Å²) in [5.74, 6) is 0. The molecular formula is C10H21BrO2. The Bertz CT molecular complexity index is 88.9. The Labute approximate surface area is 90.1 Å². The third kappa shape index (κ3) is 8.72. The van der Waals surface area contributed by atoms with Gasteiger partial charge in [0.2, 0.25) is 0 Å². The van der Waals surface area contributed by atoms with Crippen LogP contribution >= 0.6 is 15.9 Å². The summed E-state index contributed by atoms with van der Waals surface area (Å²) in [5.41, 5.74) is 0. The van der Waals surface area contributed by atoms with Crippen LogP contribution in [0.3, 0.4) is 0 Å². The van der Waals surface area contributed by atoms with Gasteiger partial charge in [0.25, 0.3) is 0 Å². The van der Waals surface area contributed by atoms with Gasteiger partial charge in [0.1, 0.15) is 0 Å². The highest BCUT2D eigenvalue weighted by atomic mass is 79.9. The zero-order valence-corrected chi connectivity index (χ0v) is 10.3. The van der Waals surface area contributed by atoms with E-state index in [0.29, 0.717) is 0 Å². The van der Waals surface area contributed by atoms with Gasteiger partial charge in [0.05, 0.1) is 5.33 Å². The smallest absolute Gasteiger partial charge is 0.167 e. The van der Waals surface area contributed by atoms with E-state index in [1.807, 2.05) is 0 Å². The minimum atomic E-state index is -0.0573. The number of alkyl halides is 1. The van der Waals surface area contributed by atoms with Crippen molar-refractivity contribution in [2.75, 3.05) is 18.5 Å². The van der Waals surface area contributed by atoms with Gasteiger partial charge in [-0.15, -0.1) is 0 Å². The van der Waals surface area contributed by atoms with Crippen molar-refractivity contribution in [1.82, 2.24) is 0 Å². The Hall–Kier alpha value is 0.400. The molecule has 0 fully saturated rings. The van der Waals surface area contributed by atoms with Crippen molar-refractivity contribution in [2.45, 2.75) is 45.8 Å². The maximum atomic E-state index is 5.51. The first-order valence-corrected chi connectivity index (χ1v) is 6.26. The van der Waals surface area contributed by atoms with Crippen molar-refractivity contribution in [1.29, 1.82) is 0 Å². The molecule has 2 nitrogen and oxygen atoms in total. The van der Waals surface area contributed by atoms with Crippen molar-refractivity contribution in [3.8, 4) is 0 Å². The van der Waals surface area contributed by atoms with Crippen molar-refractivity contribution in [2.24, 2.45) is 0 Å². The molecule has 13 heavy (non-hydrogen) atoms. The number of ether oxygens (including phenoxy) is 2. The SMILES string of the molecule is CCCCOC(CBr)OCCCC. The quantitative estimate of drug-likeness (QED) is 0.356. The second kappa shape index (κ2) is 10.5. The van der Waals surface area contributed by atoms with Gasteiger partial charge < -0.3 is 9.47 Å². The molecule has 0 spiro atoms. The number of hydrogen-bond acceptors (Lipinski definition) is 2. The van der Waals surface area contributed by atoms with Crippen molar-refractivity contribution in [3.05, 3.63) is 0 Å². The molecule has 0 heterocycles. The number of halogens is 1. The highest BCUT2D eigenvalue weighted by Crippen LogP contribution is 2.03. The van der Waals surface area contributed by atoms with E-state index in [0.717, 1.165) is 31.4 Å². The third-order valence-corrected chi connectivity index (χ3v) is 2.26. The van der Waals surface area contributed by atoms with E-state index >= 15 is 0 Å². The first kappa shape index (κ1) is 13.4. The van der Waals surface area contributed by atoms with Crippen LogP contribution in [0, 0.1) is 0 Å². The summed E-state index contributed by atoms with van der Waals surface area (Å²) in [6.45, 7) is 5.92. The first-order valence-electron chi connectivity index (χ1n) is 5.14. The summed E-state index contributed by atoms with van der Waals surface area (Å²) in [6.07, 6.45) is 4.51. The fourth-order valence-corrected chi connectivity index (χ4v) is 1.23. The maximum absolute atomic E-state index is 5.51. The number of rotatable bonds is 9. The van der Waals surface area contributed by atoms with Gasteiger partial charge in [-0.05, 0) is 12.8 Å². The average molecular weight is 253 g/mol. The van der Waals surface area contributed by atoms with Crippen molar-refractivity contribution in [3.63, 3.8) is 0 Å². The van der Waals surface area contributed by atoms with Crippen molar-refractivity contribution < 1.29 is 9.47 Å². The van der Waals surface area contributed by atoms with Crippen LogP contribution in [0.2, 0.25) is 0 Å². The molecule has 3 heteroatoms. The molecule has 80 valence electrons. The topological polar surface area (TPSA) is 18.5 Å². The second-order valence-electron chi connectivity index (χ2n) is 3.03. The van der Waals surface area contributed by atoms with Gasteiger partial charge in [-0.1, -0.05) is 42.6 Å². The summed E-state index contributed by atoms with van der Waals surface area (Å²) in [7, 11) is 0. The highest BCUT2D eigenvalue weighted by Gasteiger charge is 2.05. The van der Waals surface area contributed by atoms with Gasteiger partial charge in [-0.2, -0.15) is 0 Å². The number of unbranched alkanes of at least 4 members (excludes halogenated alkanes) is 2. The van der Waals surface area contributed by atoms with Crippen molar-refractivity contribution >= 4 is 15.9 Å². The normalized spacial score (nSPS) is 11.1. The summed E-state index contributed by atoms with van der Waals surface area (Å²) in [5, 5.41) is 0.764. The fourth-order valence-electron chi connectivity index (χ4n) is 0.855. The summed E-state index contributed by atoms with van der Waals surface area (Å²) in [6, 6.07) is 0. The van der Waals surface area contributed by atoms with Crippen LogP contribution in [0.5, 0.6) is 0 Å². The van der Waals surface area contributed by atoms with Gasteiger partial charge in [-0.3, -0.25) is 0 Å². The molecule has 0 unspecified atom stereocenters. The lowest BCUT2D eigenvalue weighted by Crippen LogP contribution is -2.20. The Morgan fingerprint density at radius 3 is 1.77 bits per heavy atom. The minimum absolute atomic E-state index is 0.0573. The molecule has 0 aromatic carbocycles. The minimum Gasteiger partial charge on any atom is -0.352 e. The Morgan fingerprint density at radius 1 is 1.00 bits per heavy atom. The van der Waals surface area contributed by atoms with E-state index in [4.69, 9.17) is 9.47 Å². The molecule has 0 rings (SSSR count). The second-order valence-corrected chi connectivity index (χ2v) is 3.68. The molecule has 0 aliphatic heterocycles. The summed E-state index contributed by atoms with van der Waals surface area (Å²) in [4.78, 5) is 0. The molecule has 0 aromatic heterocycles. The highest BCUT2D eigenvalue weighted by molar-refractivity contribution is 9.09. The van der Waals surface area contributed by atoms with Crippen LogP contribution in [0.4, 0.5) is 0 Å². The molecule has 0 aliphatic rings. The van der Waals surface area contributed by atoms with Gasteiger partial charge >= 0.3 is 0 Å². The van der Waals surface area contributed by atoms with Gasteiger partial charge in [0.15, 0.2) is 6.29 Å². The predicted octanol–water partition coefficient (Wildman–Crippen LogP) is 3.34. The molecule has 0 saturated heterocycles. The van der Waals surface area contributed by atoms with E-state index in [-0.39, 0.29) is 6.29 Å². The van der Waals surface area contributed by atoms with Crippen LogP contribution in [-0.2, 0) is 9.47 Å². The molecule has 0 aliphatic carbocycles. The molecular weight excluding hydrogens is 232 g/mol. The Kier molecular flexibility index (Phi) is 10.8. The molecule has 0 N–H and O–H groups in total. The lowest BCUT2D eigenvalue weighted by atomic mass is 10.4. The lowest BCUT2D eigenvalue weighted by Gasteiger charge is -2.15. The summed E-state index contributed by atoms with van der Waals surface area (Å²) < 4.78 is 11.0. The zero-order chi connectivity index (χ0) is 9.94. The third-order valence-electron chi connectivity index (χ3n) is 1.73. The zero-order valence-electron chi connectivity index (χ0n) is 8.72. The molecule has 0 radical (unpaired) electrons. The van der Waals surface area contributed by atoms with E-state index < -0.39 is 0 Å². The fraction of sp³-hybridized carbons (Fsp3) is 1.00. The first-order chi connectivity index (χ1) is 6.35. The largest absolute Gasteiger partial charge is 0.352 e. The lowest BCUT2D eigenvalue weighted by molar-refractivity contribution is -0.127. The van der Waals surface area contributed by atoms with Crippen LogP contribution in [-0.4, -0.2) is 24.8 Å². The van der Waals surface area contributed by atoms with Gasteiger partial charge in [0, 0.05) is 13.2 Å². The molecule has 0 saturated carbocycles. The standard InChI is InChI=1S/C10H21BrO2/c1-3-5-7-12-10(9-11)13-8-6-4-2/h10H,3-9H2,1-2H3. The van der Waals surface area contributed by atoms with E-state index in [9.17, 15) is 0 Å². The monoisotopic (exact) mass is 252 g/mol. The van der Waals surface area contributed by atoms with Crippen LogP contribution in [0.1, 0.15) is 39.5 Å². The molecule has 0 aromatic rings. The summed E-state index contributed by atoms with van der Waals surface area (Å²) >= 11 is 3.37. The van der Waals surface area contributed by atoms with E-state index in [1.165, 1.54) is 12.8 Å². The predicted molar refractivity (Wildman–Crippen MR) is 59.3 cm³/mol. The molecule has 0 bridgehead atoms. The van der Waals surface area contributed by atoms with Crippen LogP contribution in [0.15, 0.2) is 0 Å². The average Bonchev–Trinajstić information content (AvgIpc) is 2.16. The van der Waals surface area contributed by atoms with E-state index in [2.05, 4.69) is 29.8 Å². The van der Waals surface area contributed by atoms with E-state index in [1.54, 1.807) is 0 Å². The van der Waals surface area contributed by atoms with Crippen LogP contribution in [0.25, 0.3) is 0 Å².